The van der Waals surface area contributed by atoms with Gasteiger partial charge in [0.25, 0.3) is 0 Å². The number of nitrogens with two attached hydrogens (primary N) is 1. The van der Waals surface area contributed by atoms with Gasteiger partial charge in [0.2, 0.25) is 5.12 Å². The molecule has 70 valence electrons. The van der Waals surface area contributed by atoms with E-state index in [1.54, 1.807) is 6.26 Å². The summed E-state index contributed by atoms with van der Waals surface area (Å²) in [7, 11) is 0. The minimum Gasteiger partial charge on any atom is -0.320 e. The highest BCUT2D eigenvalue weighted by molar-refractivity contribution is 8.13. The molecule has 2 N–H and O–H groups in total. The van der Waals surface area contributed by atoms with Gasteiger partial charge < -0.3 is 5.73 Å². The van der Waals surface area contributed by atoms with E-state index in [1.807, 2.05) is 30.3 Å². The first-order chi connectivity index (χ1) is 6.24. The quantitative estimate of drug-likeness (QED) is 0.793. The zero-order valence-electron chi connectivity index (χ0n) is 7.57. The minimum atomic E-state index is -0.377. The largest absolute Gasteiger partial charge is 0.320 e. The molecule has 0 radical (unpaired) electrons. The highest BCUT2D eigenvalue weighted by Crippen LogP contribution is 2.06. The van der Waals surface area contributed by atoms with Crippen molar-refractivity contribution in [2.24, 2.45) is 5.73 Å². The lowest BCUT2D eigenvalue weighted by Crippen LogP contribution is -2.30. The molecule has 0 spiro atoms. The van der Waals surface area contributed by atoms with Gasteiger partial charge >= 0.3 is 0 Å². The van der Waals surface area contributed by atoms with Gasteiger partial charge in [-0.25, -0.2) is 0 Å². The molecule has 13 heavy (non-hydrogen) atoms. The second kappa shape index (κ2) is 5.04. The highest BCUT2D eigenvalue weighted by Gasteiger charge is 2.11. The molecule has 2 nitrogen and oxygen atoms in total. The molecule has 0 aliphatic heterocycles. The van der Waals surface area contributed by atoms with Crippen molar-refractivity contribution in [3.05, 3.63) is 35.9 Å². The van der Waals surface area contributed by atoms with Crippen LogP contribution in [0.5, 0.6) is 0 Å². The number of thioether (sulfide) groups is 1. The topological polar surface area (TPSA) is 43.1 Å². The normalized spacial score (nSPS) is 12.5. The molecule has 0 aliphatic rings. The molecule has 3 heteroatoms. The third kappa shape index (κ3) is 3.20. The van der Waals surface area contributed by atoms with E-state index in [1.165, 1.54) is 11.8 Å². The van der Waals surface area contributed by atoms with Crippen LogP contribution in [0.4, 0.5) is 0 Å². The first-order valence-electron chi connectivity index (χ1n) is 4.11. The number of carbonyl (C=O) groups is 1. The molecule has 0 bridgehead atoms. The lowest BCUT2D eigenvalue weighted by atomic mass is 10.1. The van der Waals surface area contributed by atoms with Crippen LogP contribution in [0, 0.1) is 0 Å². The fraction of sp³-hybridized carbons (Fsp3) is 0.300. The molecular weight excluding hydrogens is 182 g/mol. The SMILES string of the molecule is CSC(=O)[C@H](N)Cc1ccccc1. The lowest BCUT2D eigenvalue weighted by Gasteiger charge is -2.07. The summed E-state index contributed by atoms with van der Waals surface area (Å²) in [6, 6.07) is 9.43. The molecule has 0 heterocycles. The van der Waals surface area contributed by atoms with Gasteiger partial charge in [-0.05, 0) is 18.2 Å². The molecule has 1 aromatic carbocycles. The Bertz CT molecular complexity index is 274. The molecular formula is C10H13NOS. The zero-order valence-corrected chi connectivity index (χ0v) is 8.38. The smallest absolute Gasteiger partial charge is 0.205 e. The van der Waals surface area contributed by atoms with E-state index >= 15 is 0 Å². The van der Waals surface area contributed by atoms with Crippen LogP contribution in [0.1, 0.15) is 5.56 Å². The Hall–Kier alpha value is -0.800. The lowest BCUT2D eigenvalue weighted by molar-refractivity contribution is -0.112. The molecule has 0 aromatic heterocycles. The first kappa shape index (κ1) is 10.3. The summed E-state index contributed by atoms with van der Waals surface area (Å²) < 4.78 is 0. The van der Waals surface area contributed by atoms with Crippen LogP contribution >= 0.6 is 11.8 Å². The standard InChI is InChI=1S/C10H13NOS/c1-13-10(12)9(11)7-8-5-3-2-4-6-8/h2-6,9H,7,11H2,1H3/t9-/m1/s1. The summed E-state index contributed by atoms with van der Waals surface area (Å²) in [5.74, 6) is 0. The van der Waals surface area contributed by atoms with Crippen molar-refractivity contribution < 1.29 is 4.79 Å². The predicted molar refractivity (Wildman–Crippen MR) is 56.6 cm³/mol. The molecule has 0 unspecified atom stereocenters. The monoisotopic (exact) mass is 195 g/mol. The van der Waals surface area contributed by atoms with Crippen molar-refractivity contribution in [2.45, 2.75) is 12.5 Å². The van der Waals surface area contributed by atoms with Gasteiger partial charge in [-0.15, -0.1) is 0 Å². The fourth-order valence-electron chi connectivity index (χ4n) is 1.10. The Kier molecular flexibility index (Phi) is 3.99. The maximum Gasteiger partial charge on any atom is 0.205 e. The van der Waals surface area contributed by atoms with Gasteiger partial charge in [0.15, 0.2) is 0 Å². The van der Waals surface area contributed by atoms with Crippen LogP contribution in [-0.4, -0.2) is 17.4 Å². The summed E-state index contributed by atoms with van der Waals surface area (Å²) in [5, 5.41) is 0.0452. The third-order valence-corrected chi connectivity index (χ3v) is 2.51. The molecule has 0 amide bonds. The zero-order chi connectivity index (χ0) is 9.68. The van der Waals surface area contributed by atoms with E-state index in [0.717, 1.165) is 5.56 Å². The maximum absolute atomic E-state index is 11.2. The van der Waals surface area contributed by atoms with E-state index in [4.69, 9.17) is 5.73 Å². The van der Waals surface area contributed by atoms with Crippen molar-refractivity contribution in [3.8, 4) is 0 Å². The van der Waals surface area contributed by atoms with Crippen LogP contribution in [0.15, 0.2) is 30.3 Å². The Morgan fingerprint density at radius 2 is 2.08 bits per heavy atom. The van der Waals surface area contributed by atoms with Crippen LogP contribution in [0.25, 0.3) is 0 Å². The molecule has 0 fully saturated rings. The average Bonchev–Trinajstić information content (AvgIpc) is 2.18. The molecule has 0 aliphatic carbocycles. The van der Waals surface area contributed by atoms with Gasteiger partial charge in [-0.3, -0.25) is 4.79 Å². The van der Waals surface area contributed by atoms with Crippen molar-refractivity contribution in [1.82, 2.24) is 0 Å². The van der Waals surface area contributed by atoms with Crippen molar-refractivity contribution in [2.75, 3.05) is 6.26 Å². The summed E-state index contributed by atoms with van der Waals surface area (Å²) in [4.78, 5) is 11.2. The Labute approximate surface area is 82.5 Å². The predicted octanol–water partition coefficient (Wildman–Crippen LogP) is 1.45. The van der Waals surface area contributed by atoms with Crippen molar-refractivity contribution >= 4 is 16.9 Å². The van der Waals surface area contributed by atoms with Gasteiger partial charge in [0, 0.05) is 0 Å². The maximum atomic E-state index is 11.2. The molecule has 1 rings (SSSR count). The van der Waals surface area contributed by atoms with E-state index < -0.39 is 0 Å². The van der Waals surface area contributed by atoms with E-state index in [-0.39, 0.29) is 11.2 Å². The van der Waals surface area contributed by atoms with E-state index in [2.05, 4.69) is 0 Å². The van der Waals surface area contributed by atoms with Crippen LogP contribution in [-0.2, 0) is 11.2 Å². The van der Waals surface area contributed by atoms with Gasteiger partial charge in [0.05, 0.1) is 6.04 Å². The Morgan fingerprint density at radius 1 is 1.46 bits per heavy atom. The summed E-state index contributed by atoms with van der Waals surface area (Å²) in [5.41, 5.74) is 6.80. The first-order valence-corrected chi connectivity index (χ1v) is 5.34. The number of rotatable bonds is 3. The second-order valence-electron chi connectivity index (χ2n) is 2.82. The van der Waals surface area contributed by atoms with Crippen LogP contribution in [0.2, 0.25) is 0 Å². The molecule has 1 atom stereocenters. The van der Waals surface area contributed by atoms with Gasteiger partial charge in [-0.1, -0.05) is 42.1 Å². The van der Waals surface area contributed by atoms with Crippen molar-refractivity contribution in [3.63, 3.8) is 0 Å². The third-order valence-electron chi connectivity index (χ3n) is 1.80. The van der Waals surface area contributed by atoms with Gasteiger partial charge in [-0.2, -0.15) is 0 Å². The minimum absolute atomic E-state index is 0.0452. The fourth-order valence-corrected chi connectivity index (χ4v) is 1.49. The summed E-state index contributed by atoms with van der Waals surface area (Å²) in [6.07, 6.45) is 2.38. The molecule has 0 saturated carbocycles. The number of hydrogen-bond acceptors (Lipinski definition) is 3. The van der Waals surface area contributed by atoms with E-state index in [9.17, 15) is 4.79 Å². The van der Waals surface area contributed by atoms with E-state index in [0.29, 0.717) is 6.42 Å². The second-order valence-corrected chi connectivity index (χ2v) is 3.63. The van der Waals surface area contributed by atoms with Crippen LogP contribution in [0.3, 0.4) is 0 Å². The Balaban J connectivity index is 2.55. The molecule has 0 saturated heterocycles. The average molecular weight is 195 g/mol. The van der Waals surface area contributed by atoms with Crippen molar-refractivity contribution in [1.29, 1.82) is 0 Å². The summed E-state index contributed by atoms with van der Waals surface area (Å²) >= 11 is 1.19. The highest BCUT2D eigenvalue weighted by atomic mass is 32.2. The van der Waals surface area contributed by atoms with Gasteiger partial charge in [0.1, 0.15) is 0 Å². The number of hydrogen-bond donors (Lipinski definition) is 1. The number of benzene rings is 1. The van der Waals surface area contributed by atoms with Crippen LogP contribution < -0.4 is 5.73 Å². The Morgan fingerprint density at radius 3 is 2.62 bits per heavy atom. The number of carbonyl (C=O) groups excluding carboxylic acids is 1. The summed E-state index contributed by atoms with van der Waals surface area (Å²) in [6.45, 7) is 0. The molecule has 1 aromatic rings.